The van der Waals surface area contributed by atoms with Crippen molar-refractivity contribution in [1.29, 1.82) is 0 Å². The fraction of sp³-hybridized carbons (Fsp3) is 0.238. The number of fused-ring (bicyclic) bond motifs is 4. The van der Waals surface area contributed by atoms with Crippen molar-refractivity contribution >= 4 is 34.0 Å². The molecular formula is C21H14Cl2O. The van der Waals surface area contributed by atoms with Crippen LogP contribution in [0.15, 0.2) is 60.7 Å². The number of alkyl halides is 2. The molecule has 118 valence electrons. The Hall–Kier alpha value is -1.70. The van der Waals surface area contributed by atoms with Crippen LogP contribution in [0.5, 0.6) is 5.75 Å². The highest BCUT2D eigenvalue weighted by Gasteiger charge is 2.93. The third-order valence-corrected chi connectivity index (χ3v) is 7.54. The first-order valence-corrected chi connectivity index (χ1v) is 9.02. The fourth-order valence-electron chi connectivity index (χ4n) is 5.15. The zero-order chi connectivity index (χ0) is 16.2. The molecule has 0 radical (unpaired) electrons. The highest BCUT2D eigenvalue weighted by Crippen LogP contribution is 2.85. The monoisotopic (exact) mass is 352 g/mol. The summed E-state index contributed by atoms with van der Waals surface area (Å²) in [6.45, 7) is 0. The molecule has 1 fully saturated rings. The zero-order valence-corrected chi connectivity index (χ0v) is 14.4. The molecule has 1 aliphatic heterocycles. The van der Waals surface area contributed by atoms with Crippen LogP contribution in [0.4, 0.5) is 0 Å². The van der Waals surface area contributed by atoms with Gasteiger partial charge in [-0.3, -0.25) is 0 Å². The van der Waals surface area contributed by atoms with Crippen LogP contribution in [-0.4, -0.2) is 4.33 Å². The minimum absolute atomic E-state index is 0.260. The maximum Gasteiger partial charge on any atom is 0.177 e. The van der Waals surface area contributed by atoms with E-state index in [2.05, 4.69) is 54.6 Å². The number of halogens is 2. The van der Waals surface area contributed by atoms with E-state index in [9.17, 15) is 0 Å². The van der Waals surface area contributed by atoms with Gasteiger partial charge in [0.2, 0.25) is 0 Å². The molecule has 3 aliphatic rings. The van der Waals surface area contributed by atoms with Gasteiger partial charge in [0.1, 0.15) is 5.75 Å². The molecule has 2 unspecified atom stereocenters. The highest BCUT2D eigenvalue weighted by molar-refractivity contribution is 6.53. The van der Waals surface area contributed by atoms with E-state index >= 15 is 0 Å². The van der Waals surface area contributed by atoms with E-state index in [1.807, 2.05) is 6.07 Å². The Morgan fingerprint density at radius 2 is 1.62 bits per heavy atom. The van der Waals surface area contributed by atoms with E-state index in [1.54, 1.807) is 0 Å². The molecule has 1 nitrogen and oxygen atoms in total. The Labute approximate surface area is 150 Å². The van der Waals surface area contributed by atoms with Crippen LogP contribution in [0.2, 0.25) is 0 Å². The van der Waals surface area contributed by atoms with Crippen molar-refractivity contribution in [2.24, 2.45) is 5.41 Å². The van der Waals surface area contributed by atoms with Crippen LogP contribution in [0, 0.1) is 5.41 Å². The van der Waals surface area contributed by atoms with Gasteiger partial charge in [0, 0.05) is 11.1 Å². The molecule has 1 saturated carbocycles. The smallest absolute Gasteiger partial charge is 0.177 e. The molecule has 0 bridgehead atoms. The molecule has 2 atom stereocenters. The van der Waals surface area contributed by atoms with Crippen LogP contribution in [0.1, 0.15) is 16.7 Å². The van der Waals surface area contributed by atoms with Gasteiger partial charge in [-0.15, -0.1) is 0 Å². The van der Waals surface area contributed by atoms with Gasteiger partial charge in [0.15, 0.2) is 9.93 Å². The maximum absolute atomic E-state index is 6.87. The molecule has 2 aliphatic carbocycles. The fourth-order valence-corrected chi connectivity index (χ4v) is 6.23. The minimum atomic E-state index is -0.880. The van der Waals surface area contributed by atoms with Crippen LogP contribution < -0.4 is 4.74 Å². The Bertz CT molecular complexity index is 1040. The Balaban J connectivity index is 1.64. The predicted molar refractivity (Wildman–Crippen MR) is 97.0 cm³/mol. The topological polar surface area (TPSA) is 9.23 Å². The number of rotatable bonds is 0. The first-order chi connectivity index (χ1) is 11.6. The molecule has 6 rings (SSSR count). The molecule has 0 amide bonds. The van der Waals surface area contributed by atoms with Gasteiger partial charge in [-0.05, 0) is 35.2 Å². The van der Waals surface area contributed by atoms with Gasteiger partial charge in [-0.25, -0.2) is 0 Å². The molecule has 0 spiro atoms. The highest BCUT2D eigenvalue weighted by atomic mass is 35.5. The van der Waals surface area contributed by atoms with Gasteiger partial charge in [-0.1, -0.05) is 77.8 Å². The predicted octanol–water partition coefficient (Wildman–Crippen LogP) is 5.40. The van der Waals surface area contributed by atoms with Crippen molar-refractivity contribution in [1.82, 2.24) is 0 Å². The summed E-state index contributed by atoms with van der Waals surface area (Å²) in [5, 5.41) is 2.47. The normalized spacial score (nSPS) is 30.8. The van der Waals surface area contributed by atoms with Crippen LogP contribution in [0.25, 0.3) is 10.8 Å². The molecule has 0 aromatic heterocycles. The Morgan fingerprint density at radius 1 is 0.833 bits per heavy atom. The second-order valence-corrected chi connectivity index (χ2v) is 8.54. The van der Waals surface area contributed by atoms with E-state index in [-0.39, 0.29) is 5.41 Å². The van der Waals surface area contributed by atoms with Gasteiger partial charge in [-0.2, -0.15) is 0 Å². The lowest BCUT2D eigenvalue weighted by atomic mass is 9.87. The van der Waals surface area contributed by atoms with Gasteiger partial charge in [0.25, 0.3) is 0 Å². The van der Waals surface area contributed by atoms with Crippen molar-refractivity contribution in [3.63, 3.8) is 0 Å². The molecule has 3 aromatic carbocycles. The zero-order valence-electron chi connectivity index (χ0n) is 12.9. The van der Waals surface area contributed by atoms with E-state index in [0.717, 1.165) is 24.2 Å². The second-order valence-electron chi connectivity index (χ2n) is 7.21. The molecule has 1 heterocycles. The quantitative estimate of drug-likeness (QED) is 0.492. The molecular weight excluding hydrogens is 339 g/mol. The number of hydrogen-bond donors (Lipinski definition) is 0. The average molecular weight is 353 g/mol. The van der Waals surface area contributed by atoms with E-state index in [4.69, 9.17) is 27.9 Å². The standard InChI is InChI=1S/C21H14Cl2O/c22-21(23)19-11-14-6-2-4-8-17(14)20(19,21)24-18-10-9-13-5-1-3-7-15(13)16(18)12-19/h1-10H,11-12H2. The van der Waals surface area contributed by atoms with Crippen molar-refractivity contribution in [3.05, 3.63) is 77.4 Å². The molecule has 3 heteroatoms. The lowest BCUT2D eigenvalue weighted by Crippen LogP contribution is -2.28. The van der Waals surface area contributed by atoms with Crippen LogP contribution in [0.3, 0.4) is 0 Å². The second kappa shape index (κ2) is 3.92. The first kappa shape index (κ1) is 13.6. The van der Waals surface area contributed by atoms with E-state index in [0.29, 0.717) is 0 Å². The number of ether oxygens (including phenoxy) is 1. The van der Waals surface area contributed by atoms with Crippen molar-refractivity contribution in [3.8, 4) is 5.75 Å². The molecule has 3 aromatic rings. The number of benzene rings is 3. The summed E-state index contributed by atoms with van der Waals surface area (Å²) in [5.74, 6) is 0.921. The Kier molecular flexibility index (Phi) is 2.22. The summed E-state index contributed by atoms with van der Waals surface area (Å²) in [5.41, 5.74) is 2.85. The maximum atomic E-state index is 6.87. The van der Waals surface area contributed by atoms with Crippen molar-refractivity contribution in [2.75, 3.05) is 0 Å². The number of hydrogen-bond acceptors (Lipinski definition) is 1. The van der Waals surface area contributed by atoms with Crippen LogP contribution >= 0.6 is 23.2 Å². The first-order valence-electron chi connectivity index (χ1n) is 8.27. The molecule has 0 N–H and O–H groups in total. The Morgan fingerprint density at radius 3 is 2.54 bits per heavy atom. The van der Waals surface area contributed by atoms with Gasteiger partial charge >= 0.3 is 0 Å². The summed E-state index contributed by atoms with van der Waals surface area (Å²) in [4.78, 5) is 0. The van der Waals surface area contributed by atoms with Crippen LogP contribution in [-0.2, 0) is 18.4 Å². The molecule has 0 saturated heterocycles. The lowest BCUT2D eigenvalue weighted by molar-refractivity contribution is 0.118. The third kappa shape index (κ3) is 1.20. The summed E-state index contributed by atoms with van der Waals surface area (Å²) < 4.78 is 5.71. The summed E-state index contributed by atoms with van der Waals surface area (Å²) in [6.07, 6.45) is 1.73. The van der Waals surface area contributed by atoms with E-state index in [1.165, 1.54) is 21.9 Å². The van der Waals surface area contributed by atoms with Crippen molar-refractivity contribution in [2.45, 2.75) is 22.8 Å². The minimum Gasteiger partial charge on any atom is -0.478 e. The average Bonchev–Trinajstić information content (AvgIpc) is 2.87. The van der Waals surface area contributed by atoms with Gasteiger partial charge in [0.05, 0.1) is 5.41 Å². The lowest BCUT2D eigenvalue weighted by Gasteiger charge is -2.28. The van der Waals surface area contributed by atoms with Gasteiger partial charge < -0.3 is 4.74 Å². The largest absolute Gasteiger partial charge is 0.478 e. The van der Waals surface area contributed by atoms with Crippen molar-refractivity contribution < 1.29 is 4.74 Å². The summed E-state index contributed by atoms with van der Waals surface area (Å²) in [7, 11) is 0. The SMILES string of the molecule is ClC1(Cl)C23Cc4ccccc4C12Oc1ccc2ccccc2c1C3. The van der Waals surface area contributed by atoms with E-state index < -0.39 is 9.93 Å². The summed E-state index contributed by atoms with van der Waals surface area (Å²) >= 11 is 13.7. The molecule has 24 heavy (non-hydrogen) atoms. The third-order valence-electron chi connectivity index (χ3n) is 6.28. The summed E-state index contributed by atoms with van der Waals surface area (Å²) in [6, 6.07) is 21.0.